The Bertz CT molecular complexity index is 630. The van der Waals surface area contributed by atoms with Crippen molar-refractivity contribution in [3.05, 3.63) is 53.9 Å². The molecule has 2 rings (SSSR count). The molecule has 0 saturated heterocycles. The number of aromatic amines is 1. The molecule has 0 aliphatic rings. The molecule has 1 aromatic carbocycles. The summed E-state index contributed by atoms with van der Waals surface area (Å²) in [6.45, 7) is 8.48. The van der Waals surface area contributed by atoms with Gasteiger partial charge in [-0.1, -0.05) is 18.7 Å². The second kappa shape index (κ2) is 5.45. The average molecular weight is 252 g/mol. The fourth-order valence-corrected chi connectivity index (χ4v) is 2.06. The Hall–Kier alpha value is -2.47. The second-order valence-corrected chi connectivity index (χ2v) is 4.25. The van der Waals surface area contributed by atoms with Gasteiger partial charge in [0.25, 0.3) is 0 Å². The first-order valence-corrected chi connectivity index (χ1v) is 6.18. The largest absolute Gasteiger partial charge is 0.492 e. The first-order valence-electron chi connectivity index (χ1n) is 6.18. The lowest BCUT2D eigenvalue weighted by molar-refractivity contribution is 0.298. The Labute approximate surface area is 113 Å². The lowest BCUT2D eigenvalue weighted by Gasteiger charge is -2.06. The highest BCUT2D eigenvalue weighted by Gasteiger charge is 2.11. The standard InChI is InChI=1S/C16H16N2O/c1-4-19-12(3)16-11(2)15(10-18-16)14-7-5-13(9-17)6-8-14/h5-8,10,18H,3-4H2,1-2H3. The Balaban J connectivity index is 2.36. The maximum atomic E-state index is 8.81. The van der Waals surface area contributed by atoms with E-state index in [1.54, 1.807) is 0 Å². The molecular formula is C16H16N2O. The topological polar surface area (TPSA) is 48.8 Å². The summed E-state index contributed by atoms with van der Waals surface area (Å²) in [5.74, 6) is 0.653. The third-order valence-electron chi connectivity index (χ3n) is 3.06. The van der Waals surface area contributed by atoms with Gasteiger partial charge in [0.15, 0.2) is 0 Å². The van der Waals surface area contributed by atoms with Gasteiger partial charge in [0.05, 0.1) is 23.9 Å². The molecule has 0 aliphatic heterocycles. The number of nitrogens with one attached hydrogen (secondary N) is 1. The number of ether oxygens (including phenoxy) is 1. The minimum Gasteiger partial charge on any atom is -0.492 e. The van der Waals surface area contributed by atoms with Crippen LogP contribution in [0.1, 0.15) is 23.7 Å². The van der Waals surface area contributed by atoms with Crippen LogP contribution in [0.15, 0.2) is 37.0 Å². The van der Waals surface area contributed by atoms with E-state index in [2.05, 4.69) is 17.6 Å². The van der Waals surface area contributed by atoms with Crippen LogP contribution in [0.5, 0.6) is 0 Å². The molecule has 0 spiro atoms. The van der Waals surface area contributed by atoms with Gasteiger partial charge in [-0.3, -0.25) is 0 Å². The SMILES string of the molecule is C=C(OCC)c1[nH]cc(-c2ccc(C#N)cc2)c1C. The summed E-state index contributed by atoms with van der Waals surface area (Å²) >= 11 is 0. The third-order valence-corrected chi connectivity index (χ3v) is 3.06. The molecule has 1 N–H and O–H groups in total. The van der Waals surface area contributed by atoms with Crippen molar-refractivity contribution < 1.29 is 4.74 Å². The van der Waals surface area contributed by atoms with Crippen LogP contribution in [-0.4, -0.2) is 11.6 Å². The fourth-order valence-electron chi connectivity index (χ4n) is 2.06. The summed E-state index contributed by atoms with van der Waals surface area (Å²) in [7, 11) is 0. The molecule has 3 heteroatoms. The van der Waals surface area contributed by atoms with Gasteiger partial charge in [0.2, 0.25) is 0 Å². The van der Waals surface area contributed by atoms with Gasteiger partial charge in [-0.15, -0.1) is 0 Å². The quantitative estimate of drug-likeness (QED) is 0.840. The van der Waals surface area contributed by atoms with Crippen molar-refractivity contribution in [3.8, 4) is 17.2 Å². The molecule has 0 aliphatic carbocycles. The van der Waals surface area contributed by atoms with Crippen molar-refractivity contribution in [1.29, 1.82) is 5.26 Å². The highest BCUT2D eigenvalue weighted by molar-refractivity contribution is 5.73. The van der Waals surface area contributed by atoms with Gasteiger partial charge in [-0.2, -0.15) is 5.26 Å². The molecule has 3 nitrogen and oxygen atoms in total. The number of H-pyrrole nitrogens is 1. The molecule has 0 fully saturated rings. The van der Waals surface area contributed by atoms with Crippen molar-refractivity contribution in [2.75, 3.05) is 6.61 Å². The van der Waals surface area contributed by atoms with Crippen LogP contribution in [0, 0.1) is 18.3 Å². The summed E-state index contributed by atoms with van der Waals surface area (Å²) in [6, 6.07) is 9.65. The normalized spacial score (nSPS) is 9.95. The second-order valence-electron chi connectivity index (χ2n) is 4.25. The average Bonchev–Trinajstić information content (AvgIpc) is 2.81. The Morgan fingerprint density at radius 3 is 2.63 bits per heavy atom. The zero-order valence-corrected chi connectivity index (χ0v) is 11.2. The van der Waals surface area contributed by atoms with E-state index in [0.29, 0.717) is 17.9 Å². The molecule has 1 heterocycles. The number of aromatic nitrogens is 1. The zero-order valence-electron chi connectivity index (χ0n) is 11.2. The van der Waals surface area contributed by atoms with Gasteiger partial charge in [0.1, 0.15) is 5.76 Å². The molecule has 0 unspecified atom stereocenters. The molecule has 1 aromatic heterocycles. The van der Waals surface area contributed by atoms with Gasteiger partial charge >= 0.3 is 0 Å². The van der Waals surface area contributed by atoms with E-state index in [9.17, 15) is 0 Å². The molecule has 96 valence electrons. The number of hydrogen-bond donors (Lipinski definition) is 1. The van der Waals surface area contributed by atoms with Crippen molar-refractivity contribution in [2.24, 2.45) is 0 Å². The van der Waals surface area contributed by atoms with E-state index in [1.165, 1.54) is 0 Å². The third kappa shape index (κ3) is 2.53. The van der Waals surface area contributed by atoms with Crippen molar-refractivity contribution >= 4 is 5.76 Å². The van der Waals surface area contributed by atoms with Crippen molar-refractivity contribution in [1.82, 2.24) is 4.98 Å². The fraction of sp³-hybridized carbons (Fsp3) is 0.188. The first-order chi connectivity index (χ1) is 9.17. The van der Waals surface area contributed by atoms with Crippen LogP contribution in [-0.2, 0) is 4.74 Å². The molecule has 2 aromatic rings. The van der Waals surface area contributed by atoms with Crippen LogP contribution in [0.3, 0.4) is 0 Å². The minimum atomic E-state index is 0.601. The molecule has 0 atom stereocenters. The Morgan fingerprint density at radius 1 is 1.37 bits per heavy atom. The van der Waals surface area contributed by atoms with E-state index in [4.69, 9.17) is 10.00 Å². The van der Waals surface area contributed by atoms with Gasteiger partial charge in [-0.25, -0.2) is 0 Å². The van der Waals surface area contributed by atoms with E-state index in [-0.39, 0.29) is 0 Å². The predicted octanol–water partition coefficient (Wildman–Crippen LogP) is 3.87. The lowest BCUT2D eigenvalue weighted by atomic mass is 10.0. The highest BCUT2D eigenvalue weighted by atomic mass is 16.5. The smallest absolute Gasteiger partial charge is 0.135 e. The van der Waals surface area contributed by atoms with Crippen LogP contribution in [0.2, 0.25) is 0 Å². The molecule has 0 bridgehead atoms. The Kier molecular flexibility index (Phi) is 3.72. The van der Waals surface area contributed by atoms with Gasteiger partial charge in [0, 0.05) is 11.8 Å². The number of benzene rings is 1. The van der Waals surface area contributed by atoms with E-state index >= 15 is 0 Å². The van der Waals surface area contributed by atoms with Crippen LogP contribution < -0.4 is 0 Å². The van der Waals surface area contributed by atoms with Crippen LogP contribution in [0.4, 0.5) is 0 Å². The number of nitriles is 1. The summed E-state index contributed by atoms with van der Waals surface area (Å²) in [5.41, 5.74) is 4.85. The summed E-state index contributed by atoms with van der Waals surface area (Å²) in [5, 5.41) is 8.81. The van der Waals surface area contributed by atoms with E-state index in [0.717, 1.165) is 22.4 Å². The molecule has 19 heavy (non-hydrogen) atoms. The summed E-state index contributed by atoms with van der Waals surface area (Å²) in [6.07, 6.45) is 1.94. The number of rotatable bonds is 4. The van der Waals surface area contributed by atoms with Crippen molar-refractivity contribution in [2.45, 2.75) is 13.8 Å². The molecule has 0 saturated carbocycles. The molecular weight excluding hydrogens is 236 g/mol. The number of hydrogen-bond acceptors (Lipinski definition) is 2. The van der Waals surface area contributed by atoms with E-state index in [1.807, 2.05) is 44.3 Å². The minimum absolute atomic E-state index is 0.601. The monoisotopic (exact) mass is 252 g/mol. The van der Waals surface area contributed by atoms with E-state index < -0.39 is 0 Å². The predicted molar refractivity (Wildman–Crippen MR) is 76.3 cm³/mol. The first kappa shape index (κ1) is 13.0. The maximum absolute atomic E-state index is 8.81. The lowest BCUT2D eigenvalue weighted by Crippen LogP contribution is -1.92. The van der Waals surface area contributed by atoms with Crippen LogP contribution >= 0.6 is 0 Å². The van der Waals surface area contributed by atoms with Gasteiger partial charge in [-0.05, 0) is 37.1 Å². The molecule has 0 radical (unpaired) electrons. The zero-order chi connectivity index (χ0) is 13.8. The molecule has 0 amide bonds. The van der Waals surface area contributed by atoms with Crippen molar-refractivity contribution in [3.63, 3.8) is 0 Å². The highest BCUT2D eigenvalue weighted by Crippen LogP contribution is 2.29. The Morgan fingerprint density at radius 2 is 2.05 bits per heavy atom. The maximum Gasteiger partial charge on any atom is 0.135 e. The summed E-state index contributed by atoms with van der Waals surface area (Å²) < 4.78 is 5.43. The summed E-state index contributed by atoms with van der Waals surface area (Å²) in [4.78, 5) is 3.20. The number of nitrogens with zero attached hydrogens (tertiary/aromatic N) is 1. The van der Waals surface area contributed by atoms with Gasteiger partial charge < -0.3 is 9.72 Å². The van der Waals surface area contributed by atoms with Crippen LogP contribution in [0.25, 0.3) is 16.9 Å².